The van der Waals surface area contributed by atoms with Crippen LogP contribution in [0.2, 0.25) is 0 Å². The number of morpholine rings is 1. The number of carbonyl (C=O) groups excluding carboxylic acids is 1. The van der Waals surface area contributed by atoms with Gasteiger partial charge >= 0.3 is 0 Å². The fourth-order valence-corrected chi connectivity index (χ4v) is 3.37. The Kier molecular flexibility index (Phi) is 5.17. The Morgan fingerprint density at radius 2 is 2.00 bits per heavy atom. The molecule has 0 unspecified atom stereocenters. The third-order valence-corrected chi connectivity index (χ3v) is 4.75. The van der Waals surface area contributed by atoms with Crippen molar-refractivity contribution in [2.45, 2.75) is 39.0 Å². The minimum atomic E-state index is -0.0163. The van der Waals surface area contributed by atoms with Gasteiger partial charge in [-0.05, 0) is 37.1 Å². The highest BCUT2D eigenvalue weighted by molar-refractivity contribution is 5.87. The molecule has 1 amide bonds. The number of nitrogens with one attached hydrogen (secondary N) is 1. The number of nitrogens with zero attached hydrogens (tertiary/aromatic N) is 1. The summed E-state index contributed by atoms with van der Waals surface area (Å²) in [4.78, 5) is 14.7. The number of benzene rings is 2. The summed E-state index contributed by atoms with van der Waals surface area (Å²) in [7, 11) is 0. The van der Waals surface area contributed by atoms with E-state index in [4.69, 9.17) is 4.74 Å². The molecule has 1 aliphatic heterocycles. The Hall–Kier alpha value is -1.91. The number of ether oxygens (including phenoxy) is 1. The van der Waals surface area contributed by atoms with E-state index in [1.807, 2.05) is 25.1 Å². The Morgan fingerprint density at radius 1 is 1.25 bits per heavy atom. The molecule has 0 spiro atoms. The molecule has 4 heteroatoms. The van der Waals surface area contributed by atoms with Crippen molar-refractivity contribution < 1.29 is 9.53 Å². The molecule has 0 aliphatic carbocycles. The molecule has 1 heterocycles. The second-order valence-corrected chi connectivity index (χ2v) is 6.78. The lowest BCUT2D eigenvalue weighted by atomic mass is 10.00. The van der Waals surface area contributed by atoms with Gasteiger partial charge in [-0.2, -0.15) is 0 Å². The second kappa shape index (κ2) is 7.32. The average molecular weight is 326 g/mol. The zero-order valence-electron chi connectivity index (χ0n) is 14.7. The van der Waals surface area contributed by atoms with Crippen LogP contribution < -0.4 is 5.32 Å². The summed E-state index contributed by atoms with van der Waals surface area (Å²) >= 11 is 0. The summed E-state index contributed by atoms with van der Waals surface area (Å²) in [6.07, 6.45) is 0.185. The van der Waals surface area contributed by atoms with Crippen molar-refractivity contribution in [1.82, 2.24) is 10.2 Å². The first-order chi connectivity index (χ1) is 11.5. The molecule has 4 nitrogen and oxygen atoms in total. The Labute approximate surface area is 143 Å². The maximum Gasteiger partial charge on any atom is 0.234 e. The van der Waals surface area contributed by atoms with Crippen LogP contribution in [0.4, 0.5) is 0 Å². The van der Waals surface area contributed by atoms with E-state index >= 15 is 0 Å². The summed E-state index contributed by atoms with van der Waals surface area (Å²) in [6, 6.07) is 14.8. The van der Waals surface area contributed by atoms with Crippen LogP contribution in [0.25, 0.3) is 10.8 Å². The number of hydrogen-bond donors (Lipinski definition) is 1. The maximum atomic E-state index is 12.5. The van der Waals surface area contributed by atoms with Gasteiger partial charge in [-0.3, -0.25) is 9.69 Å². The van der Waals surface area contributed by atoms with Crippen molar-refractivity contribution in [2.24, 2.45) is 0 Å². The van der Waals surface area contributed by atoms with Gasteiger partial charge in [-0.25, -0.2) is 0 Å². The Bertz CT molecular complexity index is 710. The normalized spacial score (nSPS) is 23.1. The summed E-state index contributed by atoms with van der Waals surface area (Å²) < 4.78 is 5.63. The smallest absolute Gasteiger partial charge is 0.234 e. The molecule has 1 N–H and O–H groups in total. The van der Waals surface area contributed by atoms with Gasteiger partial charge in [0.15, 0.2) is 0 Å². The highest BCUT2D eigenvalue weighted by Gasteiger charge is 2.25. The third-order valence-electron chi connectivity index (χ3n) is 4.75. The molecular weight excluding hydrogens is 300 g/mol. The van der Waals surface area contributed by atoms with Crippen LogP contribution in [0.15, 0.2) is 42.5 Å². The van der Waals surface area contributed by atoms with Crippen LogP contribution in [-0.4, -0.2) is 42.6 Å². The fourth-order valence-electron chi connectivity index (χ4n) is 3.37. The number of rotatable bonds is 4. The van der Waals surface area contributed by atoms with E-state index in [1.54, 1.807) is 0 Å². The lowest BCUT2D eigenvalue weighted by Gasteiger charge is -2.36. The Balaban J connectivity index is 1.67. The van der Waals surface area contributed by atoms with Crippen molar-refractivity contribution in [3.05, 3.63) is 48.0 Å². The molecule has 0 radical (unpaired) electrons. The molecular formula is C20H26N2O2. The van der Waals surface area contributed by atoms with Crippen molar-refractivity contribution in [3.8, 4) is 0 Å². The molecule has 2 aromatic carbocycles. The first kappa shape index (κ1) is 16.9. The minimum absolute atomic E-state index is 0.0163. The predicted molar refractivity (Wildman–Crippen MR) is 97.0 cm³/mol. The van der Waals surface area contributed by atoms with Crippen LogP contribution in [0.1, 0.15) is 32.4 Å². The van der Waals surface area contributed by atoms with Crippen LogP contribution in [-0.2, 0) is 9.53 Å². The maximum absolute atomic E-state index is 12.5. The molecule has 2 aromatic rings. The van der Waals surface area contributed by atoms with E-state index in [0.29, 0.717) is 13.2 Å². The van der Waals surface area contributed by atoms with Gasteiger partial charge in [0.1, 0.15) is 0 Å². The zero-order chi connectivity index (χ0) is 17.1. The molecule has 0 saturated carbocycles. The quantitative estimate of drug-likeness (QED) is 0.938. The van der Waals surface area contributed by atoms with Gasteiger partial charge in [0.05, 0.1) is 25.3 Å². The molecule has 3 rings (SSSR count). The SMILES string of the molecule is C[C@@H]1CN(CC(=O)N[C@@H](C)c2cccc3ccccc23)[C@H](C)CO1. The van der Waals surface area contributed by atoms with Gasteiger partial charge in [0.25, 0.3) is 0 Å². The molecule has 0 bridgehead atoms. The molecule has 0 aromatic heterocycles. The fraction of sp³-hybridized carbons (Fsp3) is 0.450. The van der Waals surface area contributed by atoms with E-state index < -0.39 is 0 Å². The van der Waals surface area contributed by atoms with E-state index in [0.717, 1.165) is 12.1 Å². The van der Waals surface area contributed by atoms with Gasteiger partial charge in [0.2, 0.25) is 5.91 Å². The predicted octanol–water partition coefficient (Wildman–Crippen LogP) is 3.13. The molecule has 1 fully saturated rings. The largest absolute Gasteiger partial charge is 0.376 e. The first-order valence-corrected chi connectivity index (χ1v) is 8.67. The van der Waals surface area contributed by atoms with Crippen molar-refractivity contribution in [2.75, 3.05) is 19.7 Å². The summed E-state index contributed by atoms with van der Waals surface area (Å²) in [6.45, 7) is 8.11. The van der Waals surface area contributed by atoms with E-state index in [-0.39, 0.29) is 24.1 Å². The van der Waals surface area contributed by atoms with Gasteiger partial charge in [-0.15, -0.1) is 0 Å². The van der Waals surface area contributed by atoms with Crippen LogP contribution in [0.3, 0.4) is 0 Å². The van der Waals surface area contributed by atoms with Crippen molar-refractivity contribution in [3.63, 3.8) is 0 Å². The van der Waals surface area contributed by atoms with Crippen molar-refractivity contribution >= 4 is 16.7 Å². The monoisotopic (exact) mass is 326 g/mol. The number of hydrogen-bond acceptors (Lipinski definition) is 3. The summed E-state index contributed by atoms with van der Waals surface area (Å²) in [5.74, 6) is 0.0661. The van der Waals surface area contributed by atoms with Crippen LogP contribution >= 0.6 is 0 Å². The molecule has 1 saturated heterocycles. The average Bonchev–Trinajstić information content (AvgIpc) is 2.57. The van der Waals surface area contributed by atoms with Crippen LogP contribution in [0.5, 0.6) is 0 Å². The van der Waals surface area contributed by atoms with E-state index in [9.17, 15) is 4.79 Å². The molecule has 24 heavy (non-hydrogen) atoms. The standard InChI is InChI=1S/C20H26N2O2/c1-14-13-24-15(2)11-22(14)12-20(23)21-16(3)18-10-6-8-17-7-4-5-9-19(17)18/h4-10,14-16H,11-13H2,1-3H3,(H,21,23)/t14-,15-,16+/m1/s1. The topological polar surface area (TPSA) is 41.6 Å². The lowest BCUT2D eigenvalue weighted by molar-refractivity contribution is -0.126. The highest BCUT2D eigenvalue weighted by atomic mass is 16.5. The number of amides is 1. The zero-order valence-corrected chi connectivity index (χ0v) is 14.7. The minimum Gasteiger partial charge on any atom is -0.376 e. The number of carbonyl (C=O) groups is 1. The highest BCUT2D eigenvalue weighted by Crippen LogP contribution is 2.24. The van der Waals surface area contributed by atoms with E-state index in [2.05, 4.69) is 48.3 Å². The number of fused-ring (bicyclic) bond motifs is 1. The molecule has 3 atom stereocenters. The lowest BCUT2D eigenvalue weighted by Crippen LogP contribution is -2.51. The van der Waals surface area contributed by atoms with Gasteiger partial charge in [-0.1, -0.05) is 42.5 Å². The summed E-state index contributed by atoms with van der Waals surface area (Å²) in [5.41, 5.74) is 1.16. The molecule has 1 aliphatic rings. The summed E-state index contributed by atoms with van der Waals surface area (Å²) in [5, 5.41) is 5.55. The van der Waals surface area contributed by atoms with Gasteiger partial charge < -0.3 is 10.1 Å². The Morgan fingerprint density at radius 3 is 2.83 bits per heavy atom. The van der Waals surface area contributed by atoms with E-state index in [1.165, 1.54) is 10.8 Å². The van der Waals surface area contributed by atoms with Crippen molar-refractivity contribution in [1.29, 1.82) is 0 Å². The van der Waals surface area contributed by atoms with Crippen LogP contribution in [0, 0.1) is 0 Å². The second-order valence-electron chi connectivity index (χ2n) is 6.78. The first-order valence-electron chi connectivity index (χ1n) is 8.67. The molecule has 128 valence electrons. The third kappa shape index (κ3) is 3.77. The van der Waals surface area contributed by atoms with Gasteiger partial charge in [0, 0.05) is 12.6 Å².